The predicted octanol–water partition coefficient (Wildman–Crippen LogP) is 6.70. The zero-order chi connectivity index (χ0) is 21.3. The van der Waals surface area contributed by atoms with Crippen LogP contribution in [0.15, 0.2) is 63.7 Å². The molecule has 0 heterocycles. The molecular formula is C25H37NO2. The average Bonchev–Trinajstić information content (AvgIpc) is 2.57. The number of aliphatic imine (C=N–C) groups is 1. The van der Waals surface area contributed by atoms with Gasteiger partial charge < -0.3 is 5.11 Å². The van der Waals surface area contributed by atoms with Gasteiger partial charge in [0.25, 0.3) is 0 Å². The summed E-state index contributed by atoms with van der Waals surface area (Å²) in [7, 11) is 0. The Bertz CT molecular complexity index is 728. The van der Waals surface area contributed by atoms with Gasteiger partial charge in [0.15, 0.2) is 0 Å². The number of carbonyl (C=O) groups is 1. The minimum atomic E-state index is -0.885. The fraction of sp³-hybridized carbons (Fsp3) is 0.520. The molecule has 0 radical (unpaired) electrons. The standard InChI is InChI=1S/C25H37NO2/c1-18(2)23(24(27)28)26-17-15-20(4)11-8-10-19(3)13-14-22-21(5)12-9-16-25(22,6)7/h8,10-11,13-15,17-18,23H,9,12,16H2,1-7H3,(H,27,28)/b11-8+,14-13+,19-10+,20-15+,26-17?/t23-/m0/s1. The Labute approximate surface area is 171 Å². The van der Waals surface area contributed by atoms with Crippen molar-refractivity contribution in [3.8, 4) is 0 Å². The number of carboxylic acids is 1. The summed E-state index contributed by atoms with van der Waals surface area (Å²) in [6, 6.07) is -0.692. The number of rotatable bonds is 8. The second kappa shape index (κ2) is 11.0. The summed E-state index contributed by atoms with van der Waals surface area (Å²) >= 11 is 0. The lowest BCUT2D eigenvalue weighted by molar-refractivity contribution is -0.139. The maximum absolute atomic E-state index is 11.1. The molecule has 0 aromatic heterocycles. The smallest absolute Gasteiger partial charge is 0.328 e. The Morgan fingerprint density at radius 2 is 1.79 bits per heavy atom. The number of hydrogen-bond acceptors (Lipinski definition) is 2. The van der Waals surface area contributed by atoms with E-state index in [1.165, 1.54) is 36.0 Å². The van der Waals surface area contributed by atoms with Gasteiger partial charge in [-0.2, -0.15) is 0 Å². The van der Waals surface area contributed by atoms with E-state index in [2.05, 4.69) is 50.9 Å². The fourth-order valence-corrected chi connectivity index (χ4v) is 3.46. The maximum Gasteiger partial charge on any atom is 0.328 e. The second-order valence-corrected chi connectivity index (χ2v) is 8.77. The van der Waals surface area contributed by atoms with Crippen LogP contribution >= 0.6 is 0 Å². The lowest BCUT2D eigenvalue weighted by atomic mass is 9.72. The van der Waals surface area contributed by atoms with E-state index < -0.39 is 12.0 Å². The highest BCUT2D eigenvalue weighted by Gasteiger charge is 2.26. The minimum Gasteiger partial charge on any atom is -0.480 e. The molecule has 28 heavy (non-hydrogen) atoms. The number of aliphatic carboxylic acids is 1. The molecule has 1 atom stereocenters. The summed E-state index contributed by atoms with van der Waals surface area (Å²) in [5, 5.41) is 9.14. The first kappa shape index (κ1) is 23.9. The van der Waals surface area contributed by atoms with E-state index in [1.54, 1.807) is 6.21 Å². The van der Waals surface area contributed by atoms with Gasteiger partial charge in [0.1, 0.15) is 6.04 Å². The second-order valence-electron chi connectivity index (χ2n) is 8.77. The molecule has 3 heteroatoms. The van der Waals surface area contributed by atoms with E-state index in [1.807, 2.05) is 39.0 Å². The van der Waals surface area contributed by atoms with Crippen LogP contribution in [0.2, 0.25) is 0 Å². The minimum absolute atomic E-state index is 0.0248. The van der Waals surface area contributed by atoms with Crippen molar-refractivity contribution in [1.82, 2.24) is 0 Å². The lowest BCUT2D eigenvalue weighted by Crippen LogP contribution is -2.23. The van der Waals surface area contributed by atoms with E-state index >= 15 is 0 Å². The van der Waals surface area contributed by atoms with Crippen LogP contribution < -0.4 is 0 Å². The summed E-state index contributed by atoms with van der Waals surface area (Å²) in [5.74, 6) is -0.909. The van der Waals surface area contributed by atoms with Gasteiger partial charge in [0.2, 0.25) is 0 Å². The van der Waals surface area contributed by atoms with E-state index in [0.29, 0.717) is 0 Å². The molecule has 0 saturated heterocycles. The van der Waals surface area contributed by atoms with Crippen LogP contribution in [0, 0.1) is 11.3 Å². The van der Waals surface area contributed by atoms with Crippen molar-refractivity contribution < 1.29 is 9.90 Å². The SMILES string of the molecule is CC1=C(/C=C/C(C)=C/C=C/C(C)=C/C=N[C@H](C(=O)O)C(C)C)C(C)(C)CCC1. The number of nitrogens with zero attached hydrogens (tertiary/aromatic N) is 1. The Hall–Kier alpha value is -2.16. The van der Waals surface area contributed by atoms with Crippen molar-refractivity contribution in [2.45, 2.75) is 73.8 Å². The van der Waals surface area contributed by atoms with Crippen LogP contribution in [0.5, 0.6) is 0 Å². The van der Waals surface area contributed by atoms with Gasteiger partial charge in [-0.3, -0.25) is 4.99 Å². The van der Waals surface area contributed by atoms with Crippen LogP contribution in [0.1, 0.15) is 67.7 Å². The molecule has 0 aromatic carbocycles. The van der Waals surface area contributed by atoms with Crippen molar-refractivity contribution in [2.75, 3.05) is 0 Å². The summed E-state index contributed by atoms with van der Waals surface area (Å²) in [6.07, 6.45) is 17.8. The van der Waals surface area contributed by atoms with Crippen molar-refractivity contribution in [3.05, 3.63) is 58.7 Å². The van der Waals surface area contributed by atoms with E-state index in [9.17, 15) is 4.79 Å². The fourth-order valence-electron chi connectivity index (χ4n) is 3.46. The van der Waals surface area contributed by atoms with Gasteiger partial charge in [-0.05, 0) is 68.6 Å². The Morgan fingerprint density at radius 1 is 1.14 bits per heavy atom. The molecule has 0 unspecified atom stereocenters. The zero-order valence-corrected chi connectivity index (χ0v) is 18.6. The Balaban J connectivity index is 2.74. The highest BCUT2D eigenvalue weighted by atomic mass is 16.4. The maximum atomic E-state index is 11.1. The van der Waals surface area contributed by atoms with E-state index in [0.717, 1.165) is 5.57 Å². The monoisotopic (exact) mass is 383 g/mol. The summed E-state index contributed by atoms with van der Waals surface area (Å²) in [4.78, 5) is 15.3. The normalized spacial score (nSPS) is 20.1. The largest absolute Gasteiger partial charge is 0.480 e. The van der Waals surface area contributed by atoms with Gasteiger partial charge in [0, 0.05) is 6.21 Å². The molecule has 0 amide bonds. The Kier molecular flexibility index (Phi) is 9.37. The molecule has 3 nitrogen and oxygen atoms in total. The molecule has 1 aliphatic rings. The summed E-state index contributed by atoms with van der Waals surface area (Å²) in [5.41, 5.74) is 5.47. The molecule has 0 aliphatic heterocycles. The number of hydrogen-bond donors (Lipinski definition) is 1. The highest BCUT2D eigenvalue weighted by Crippen LogP contribution is 2.40. The van der Waals surface area contributed by atoms with Gasteiger partial charge in [-0.25, -0.2) is 4.79 Å². The molecule has 0 saturated carbocycles. The van der Waals surface area contributed by atoms with E-state index in [4.69, 9.17) is 5.11 Å². The van der Waals surface area contributed by atoms with Crippen molar-refractivity contribution in [2.24, 2.45) is 16.3 Å². The molecule has 0 bridgehead atoms. The van der Waals surface area contributed by atoms with Crippen LogP contribution in [0.3, 0.4) is 0 Å². The van der Waals surface area contributed by atoms with Crippen LogP contribution in [-0.4, -0.2) is 23.3 Å². The molecule has 1 aliphatic carbocycles. The molecule has 154 valence electrons. The lowest BCUT2D eigenvalue weighted by Gasteiger charge is -2.32. The molecule has 0 spiro atoms. The van der Waals surface area contributed by atoms with Crippen LogP contribution in [0.25, 0.3) is 0 Å². The predicted molar refractivity (Wildman–Crippen MR) is 121 cm³/mol. The molecule has 1 N–H and O–H groups in total. The average molecular weight is 384 g/mol. The molecule has 0 fully saturated rings. The third-order valence-corrected chi connectivity index (χ3v) is 5.24. The first-order chi connectivity index (χ1) is 13.0. The first-order valence-corrected chi connectivity index (χ1v) is 10.2. The summed E-state index contributed by atoms with van der Waals surface area (Å²) < 4.78 is 0. The highest BCUT2D eigenvalue weighted by molar-refractivity contribution is 5.79. The van der Waals surface area contributed by atoms with Gasteiger partial charge in [-0.1, -0.05) is 69.2 Å². The first-order valence-electron chi connectivity index (χ1n) is 10.2. The van der Waals surface area contributed by atoms with E-state index in [-0.39, 0.29) is 11.3 Å². The quantitative estimate of drug-likeness (QED) is 0.374. The van der Waals surface area contributed by atoms with Gasteiger partial charge >= 0.3 is 5.97 Å². The van der Waals surface area contributed by atoms with Crippen molar-refractivity contribution >= 4 is 12.2 Å². The number of carboxylic acid groups (broad SMARTS) is 1. The third kappa shape index (κ3) is 7.84. The molecule has 1 rings (SSSR count). The molecule has 0 aromatic rings. The summed E-state index contributed by atoms with van der Waals surface area (Å²) in [6.45, 7) is 14.7. The van der Waals surface area contributed by atoms with Crippen LogP contribution in [0.4, 0.5) is 0 Å². The Morgan fingerprint density at radius 3 is 2.36 bits per heavy atom. The zero-order valence-electron chi connectivity index (χ0n) is 18.6. The van der Waals surface area contributed by atoms with Gasteiger partial charge in [0.05, 0.1) is 0 Å². The topological polar surface area (TPSA) is 49.7 Å². The number of allylic oxidation sites excluding steroid dienone is 10. The molecular weight excluding hydrogens is 346 g/mol. The van der Waals surface area contributed by atoms with Gasteiger partial charge in [-0.15, -0.1) is 0 Å². The van der Waals surface area contributed by atoms with Crippen molar-refractivity contribution in [1.29, 1.82) is 0 Å². The van der Waals surface area contributed by atoms with Crippen LogP contribution in [-0.2, 0) is 4.79 Å². The third-order valence-electron chi connectivity index (χ3n) is 5.24. The van der Waals surface area contributed by atoms with Crippen molar-refractivity contribution in [3.63, 3.8) is 0 Å².